The predicted octanol–water partition coefficient (Wildman–Crippen LogP) is 1.46. The third-order valence-corrected chi connectivity index (χ3v) is 3.87. The van der Waals surface area contributed by atoms with Gasteiger partial charge in [-0.15, -0.1) is 0 Å². The van der Waals surface area contributed by atoms with Crippen molar-refractivity contribution in [3.8, 4) is 0 Å². The molecule has 108 valence electrons. The fourth-order valence-electron chi connectivity index (χ4n) is 2.50. The first-order valence-electron chi connectivity index (χ1n) is 6.66. The SMILES string of the molecule is CC(C(=O)O)=C(C)C(=O)NCC1(O)CCCC(C)C1. The Bertz CT molecular complexity index is 402. The number of aliphatic carboxylic acids is 1. The molecule has 5 nitrogen and oxygen atoms in total. The number of hydrogen-bond acceptors (Lipinski definition) is 3. The van der Waals surface area contributed by atoms with E-state index < -0.39 is 17.5 Å². The van der Waals surface area contributed by atoms with Crippen LogP contribution in [0.25, 0.3) is 0 Å². The molecule has 0 aromatic heterocycles. The van der Waals surface area contributed by atoms with E-state index in [1.807, 2.05) is 0 Å². The molecule has 1 amide bonds. The summed E-state index contributed by atoms with van der Waals surface area (Å²) in [4.78, 5) is 22.6. The summed E-state index contributed by atoms with van der Waals surface area (Å²) >= 11 is 0. The van der Waals surface area contributed by atoms with Gasteiger partial charge in [0.05, 0.1) is 5.60 Å². The second kappa shape index (κ2) is 6.19. The minimum Gasteiger partial charge on any atom is -0.478 e. The maximum atomic E-state index is 11.8. The third kappa shape index (κ3) is 4.35. The first-order chi connectivity index (χ1) is 8.75. The van der Waals surface area contributed by atoms with E-state index in [-0.39, 0.29) is 17.7 Å². The Morgan fingerprint density at radius 3 is 2.47 bits per heavy atom. The number of carboxylic acid groups (broad SMARTS) is 1. The molecule has 19 heavy (non-hydrogen) atoms. The van der Waals surface area contributed by atoms with Gasteiger partial charge in [0.25, 0.3) is 0 Å². The first-order valence-corrected chi connectivity index (χ1v) is 6.66. The summed E-state index contributed by atoms with van der Waals surface area (Å²) in [7, 11) is 0. The van der Waals surface area contributed by atoms with Crippen LogP contribution in [-0.4, -0.2) is 34.2 Å². The minimum atomic E-state index is -1.10. The number of aliphatic hydroxyl groups is 1. The highest BCUT2D eigenvalue weighted by molar-refractivity contribution is 6.01. The van der Waals surface area contributed by atoms with Gasteiger partial charge >= 0.3 is 5.97 Å². The fraction of sp³-hybridized carbons (Fsp3) is 0.714. The Kier molecular flexibility index (Phi) is 5.11. The molecule has 0 bridgehead atoms. The lowest BCUT2D eigenvalue weighted by molar-refractivity contribution is -0.133. The van der Waals surface area contributed by atoms with Crippen molar-refractivity contribution in [2.45, 2.75) is 52.1 Å². The molecule has 5 heteroatoms. The quantitative estimate of drug-likeness (QED) is 0.674. The molecule has 1 rings (SSSR count). The predicted molar refractivity (Wildman–Crippen MR) is 71.6 cm³/mol. The van der Waals surface area contributed by atoms with Crippen molar-refractivity contribution in [1.82, 2.24) is 5.32 Å². The standard InChI is InChI=1S/C14H23NO4/c1-9-5-4-6-14(19,7-9)8-15-12(16)10(2)11(3)13(17)18/h9,19H,4-8H2,1-3H3,(H,15,16)(H,17,18). The number of amides is 1. The van der Waals surface area contributed by atoms with Crippen LogP contribution in [0.5, 0.6) is 0 Å². The Morgan fingerprint density at radius 1 is 1.32 bits per heavy atom. The molecule has 0 heterocycles. The molecule has 0 aliphatic heterocycles. The van der Waals surface area contributed by atoms with Gasteiger partial charge in [0.1, 0.15) is 0 Å². The highest BCUT2D eigenvalue weighted by Crippen LogP contribution is 2.31. The lowest BCUT2D eigenvalue weighted by atomic mass is 9.79. The van der Waals surface area contributed by atoms with Gasteiger partial charge in [0.2, 0.25) is 5.91 Å². The average Bonchev–Trinajstić information content (AvgIpc) is 2.33. The Labute approximate surface area is 113 Å². The summed E-state index contributed by atoms with van der Waals surface area (Å²) in [6.07, 6.45) is 3.41. The molecular weight excluding hydrogens is 246 g/mol. The zero-order valence-corrected chi connectivity index (χ0v) is 11.8. The summed E-state index contributed by atoms with van der Waals surface area (Å²) < 4.78 is 0. The van der Waals surface area contributed by atoms with Crippen molar-refractivity contribution >= 4 is 11.9 Å². The molecule has 0 aromatic carbocycles. The minimum absolute atomic E-state index is 0.0292. The summed E-state index contributed by atoms with van der Waals surface area (Å²) in [6, 6.07) is 0. The monoisotopic (exact) mass is 269 g/mol. The zero-order valence-electron chi connectivity index (χ0n) is 11.8. The molecule has 1 saturated carbocycles. The van der Waals surface area contributed by atoms with E-state index in [2.05, 4.69) is 12.2 Å². The van der Waals surface area contributed by atoms with Gasteiger partial charge in [0, 0.05) is 17.7 Å². The van der Waals surface area contributed by atoms with Crippen molar-refractivity contribution in [2.75, 3.05) is 6.54 Å². The normalized spacial score (nSPS) is 28.5. The molecule has 1 aliphatic rings. The lowest BCUT2D eigenvalue weighted by Crippen LogP contribution is -2.46. The molecule has 1 fully saturated rings. The Balaban J connectivity index is 2.59. The summed E-state index contributed by atoms with van der Waals surface area (Å²) in [5, 5.41) is 21.8. The highest BCUT2D eigenvalue weighted by Gasteiger charge is 2.33. The van der Waals surface area contributed by atoms with E-state index in [4.69, 9.17) is 5.11 Å². The Morgan fingerprint density at radius 2 is 1.95 bits per heavy atom. The second-order valence-corrected chi connectivity index (χ2v) is 5.66. The summed E-state index contributed by atoms with van der Waals surface area (Å²) in [5.41, 5.74) is -0.647. The summed E-state index contributed by atoms with van der Waals surface area (Å²) in [5.74, 6) is -1.07. The van der Waals surface area contributed by atoms with Crippen molar-refractivity contribution in [3.63, 3.8) is 0 Å². The zero-order chi connectivity index (χ0) is 14.6. The van der Waals surface area contributed by atoms with Crippen LogP contribution in [0, 0.1) is 5.92 Å². The van der Waals surface area contributed by atoms with Crippen LogP contribution in [0.15, 0.2) is 11.1 Å². The van der Waals surface area contributed by atoms with Crippen LogP contribution in [0.4, 0.5) is 0 Å². The lowest BCUT2D eigenvalue weighted by Gasteiger charge is -2.35. The largest absolute Gasteiger partial charge is 0.478 e. The number of nitrogens with one attached hydrogen (secondary N) is 1. The number of hydrogen-bond donors (Lipinski definition) is 3. The smallest absolute Gasteiger partial charge is 0.331 e. The van der Waals surface area contributed by atoms with Gasteiger partial charge in [-0.1, -0.05) is 19.8 Å². The van der Waals surface area contributed by atoms with Crippen LogP contribution in [0.3, 0.4) is 0 Å². The maximum absolute atomic E-state index is 11.8. The topological polar surface area (TPSA) is 86.6 Å². The van der Waals surface area contributed by atoms with E-state index in [0.29, 0.717) is 18.8 Å². The highest BCUT2D eigenvalue weighted by atomic mass is 16.4. The number of carboxylic acids is 1. The van der Waals surface area contributed by atoms with Gasteiger partial charge in [0.15, 0.2) is 0 Å². The van der Waals surface area contributed by atoms with Crippen LogP contribution in [-0.2, 0) is 9.59 Å². The van der Waals surface area contributed by atoms with E-state index in [9.17, 15) is 14.7 Å². The first kappa shape index (κ1) is 15.7. The van der Waals surface area contributed by atoms with E-state index >= 15 is 0 Å². The summed E-state index contributed by atoms with van der Waals surface area (Å²) in [6.45, 7) is 5.15. The Hall–Kier alpha value is -1.36. The van der Waals surface area contributed by atoms with Crippen molar-refractivity contribution in [1.29, 1.82) is 0 Å². The van der Waals surface area contributed by atoms with Gasteiger partial charge in [-0.25, -0.2) is 4.79 Å². The molecule has 1 aliphatic carbocycles. The maximum Gasteiger partial charge on any atom is 0.331 e. The van der Waals surface area contributed by atoms with Gasteiger partial charge in [-0.3, -0.25) is 4.79 Å². The van der Waals surface area contributed by atoms with Crippen molar-refractivity contribution in [3.05, 3.63) is 11.1 Å². The molecule has 3 N–H and O–H groups in total. The van der Waals surface area contributed by atoms with Crippen LogP contribution in [0.1, 0.15) is 46.5 Å². The van der Waals surface area contributed by atoms with Crippen LogP contribution >= 0.6 is 0 Å². The van der Waals surface area contributed by atoms with E-state index in [1.165, 1.54) is 13.8 Å². The molecule has 0 saturated heterocycles. The second-order valence-electron chi connectivity index (χ2n) is 5.66. The number of rotatable bonds is 4. The van der Waals surface area contributed by atoms with E-state index in [1.54, 1.807) is 0 Å². The van der Waals surface area contributed by atoms with Gasteiger partial charge in [-0.05, 0) is 32.6 Å². The molecule has 2 unspecified atom stereocenters. The molecule has 0 spiro atoms. The number of carbonyl (C=O) groups excluding carboxylic acids is 1. The van der Waals surface area contributed by atoms with E-state index in [0.717, 1.165) is 12.8 Å². The van der Waals surface area contributed by atoms with Crippen LogP contribution < -0.4 is 5.32 Å². The fourth-order valence-corrected chi connectivity index (χ4v) is 2.50. The molecule has 0 radical (unpaired) electrons. The average molecular weight is 269 g/mol. The van der Waals surface area contributed by atoms with Gasteiger partial charge in [-0.2, -0.15) is 0 Å². The third-order valence-electron chi connectivity index (χ3n) is 3.87. The van der Waals surface area contributed by atoms with Crippen molar-refractivity contribution in [2.24, 2.45) is 5.92 Å². The van der Waals surface area contributed by atoms with Gasteiger partial charge < -0.3 is 15.5 Å². The number of carbonyl (C=O) groups is 2. The molecule has 2 atom stereocenters. The molecular formula is C14H23NO4. The van der Waals surface area contributed by atoms with Crippen molar-refractivity contribution < 1.29 is 19.8 Å². The molecule has 0 aromatic rings. The van der Waals surface area contributed by atoms with Crippen LogP contribution in [0.2, 0.25) is 0 Å².